The molecule has 9 heteroatoms. The van der Waals surface area contributed by atoms with Crippen molar-refractivity contribution in [2.45, 2.75) is 11.3 Å². The molecule has 0 aliphatic rings. The van der Waals surface area contributed by atoms with E-state index in [4.69, 9.17) is 4.74 Å². The number of ether oxygens (including phenoxy) is 1. The van der Waals surface area contributed by atoms with Crippen LogP contribution in [0.25, 0.3) is 10.2 Å². The van der Waals surface area contributed by atoms with Crippen molar-refractivity contribution in [2.75, 3.05) is 18.2 Å². The number of amides is 1. The average Bonchev–Trinajstić information content (AvgIpc) is 3.10. The molecular formula is C16H15N3O4S2. The lowest BCUT2D eigenvalue weighted by molar-refractivity contribution is -0.115. The molecule has 25 heavy (non-hydrogen) atoms. The van der Waals surface area contributed by atoms with E-state index in [9.17, 15) is 13.2 Å². The van der Waals surface area contributed by atoms with Crippen LogP contribution in [0.1, 0.15) is 6.42 Å². The number of benzene rings is 1. The number of sulfone groups is 1. The monoisotopic (exact) mass is 377 g/mol. The summed E-state index contributed by atoms with van der Waals surface area (Å²) in [6.07, 6.45) is 1.20. The van der Waals surface area contributed by atoms with Gasteiger partial charge in [-0.1, -0.05) is 0 Å². The summed E-state index contributed by atoms with van der Waals surface area (Å²) in [6.45, 7) is 0. The smallest absolute Gasteiger partial charge is 0.226 e. The number of nitrogens with zero attached hydrogens (tertiary/aromatic N) is 2. The fourth-order valence-electron chi connectivity index (χ4n) is 2.21. The highest BCUT2D eigenvalue weighted by atomic mass is 32.2. The highest BCUT2D eigenvalue weighted by Crippen LogP contribution is 2.24. The van der Waals surface area contributed by atoms with Gasteiger partial charge in [0.2, 0.25) is 5.91 Å². The quantitative estimate of drug-likeness (QED) is 0.709. The number of carbonyl (C=O) groups excluding carboxylic acids is 1. The van der Waals surface area contributed by atoms with Crippen molar-refractivity contribution >= 4 is 43.1 Å². The van der Waals surface area contributed by atoms with Gasteiger partial charge in [0, 0.05) is 6.42 Å². The maximum Gasteiger partial charge on any atom is 0.226 e. The SMILES string of the molecule is COc1ccc(S(=O)(=O)CCC(=O)Nc2ncnc3sccc23)cc1. The van der Waals surface area contributed by atoms with Crippen LogP contribution in [0, 0.1) is 0 Å². The molecule has 0 aliphatic carbocycles. The molecule has 2 heterocycles. The molecule has 0 saturated carbocycles. The molecule has 1 amide bonds. The van der Waals surface area contributed by atoms with Gasteiger partial charge >= 0.3 is 0 Å². The summed E-state index contributed by atoms with van der Waals surface area (Å²) in [5, 5.41) is 5.23. The van der Waals surface area contributed by atoms with Crippen LogP contribution in [0.5, 0.6) is 5.75 Å². The van der Waals surface area contributed by atoms with Gasteiger partial charge in [-0.05, 0) is 35.7 Å². The molecule has 3 rings (SSSR count). The van der Waals surface area contributed by atoms with Gasteiger partial charge in [-0.2, -0.15) is 0 Å². The molecule has 1 aromatic carbocycles. The summed E-state index contributed by atoms with van der Waals surface area (Å²) < 4.78 is 29.6. The zero-order chi connectivity index (χ0) is 17.9. The van der Waals surface area contributed by atoms with E-state index < -0.39 is 15.7 Å². The van der Waals surface area contributed by atoms with Crippen LogP contribution in [-0.2, 0) is 14.6 Å². The minimum absolute atomic E-state index is 0.156. The molecule has 0 aliphatic heterocycles. The Hall–Kier alpha value is -2.52. The van der Waals surface area contributed by atoms with E-state index in [0.717, 1.165) is 10.2 Å². The van der Waals surface area contributed by atoms with Gasteiger partial charge in [0.05, 0.1) is 23.1 Å². The Labute approximate surface area is 148 Å². The highest BCUT2D eigenvalue weighted by Gasteiger charge is 2.17. The third-order valence-corrected chi connectivity index (χ3v) is 6.09. The minimum atomic E-state index is -3.55. The topological polar surface area (TPSA) is 98.2 Å². The van der Waals surface area contributed by atoms with Crippen LogP contribution >= 0.6 is 11.3 Å². The lowest BCUT2D eigenvalue weighted by Crippen LogP contribution is -2.18. The molecule has 1 N–H and O–H groups in total. The minimum Gasteiger partial charge on any atom is -0.497 e. The molecule has 7 nitrogen and oxygen atoms in total. The number of thiophene rings is 1. The Morgan fingerprint density at radius 2 is 1.96 bits per heavy atom. The molecule has 0 fully saturated rings. The number of nitrogens with one attached hydrogen (secondary N) is 1. The van der Waals surface area contributed by atoms with Crippen LogP contribution in [-0.4, -0.2) is 37.2 Å². The summed E-state index contributed by atoms with van der Waals surface area (Å²) >= 11 is 1.44. The van der Waals surface area contributed by atoms with E-state index in [1.807, 2.05) is 11.4 Å². The number of methoxy groups -OCH3 is 1. The number of carbonyl (C=O) groups is 1. The maximum atomic E-state index is 12.3. The fraction of sp³-hybridized carbons (Fsp3) is 0.188. The number of rotatable bonds is 6. The summed E-state index contributed by atoms with van der Waals surface area (Å²) in [4.78, 5) is 21.2. The third-order valence-electron chi connectivity index (χ3n) is 3.54. The molecule has 2 aromatic heterocycles. The van der Waals surface area contributed by atoms with Crippen molar-refractivity contribution < 1.29 is 17.9 Å². The van der Waals surface area contributed by atoms with E-state index in [0.29, 0.717) is 11.6 Å². The first-order valence-corrected chi connectivity index (χ1v) is 9.87. The van der Waals surface area contributed by atoms with Crippen molar-refractivity contribution in [3.8, 4) is 5.75 Å². The van der Waals surface area contributed by atoms with Gasteiger partial charge in [0.15, 0.2) is 9.84 Å². The van der Waals surface area contributed by atoms with Crippen molar-refractivity contribution in [3.05, 3.63) is 42.0 Å². The molecule has 0 unspecified atom stereocenters. The van der Waals surface area contributed by atoms with Crippen LogP contribution in [0.15, 0.2) is 46.9 Å². The Bertz CT molecular complexity index is 998. The molecule has 0 radical (unpaired) electrons. The average molecular weight is 377 g/mol. The van der Waals surface area contributed by atoms with Crippen molar-refractivity contribution in [3.63, 3.8) is 0 Å². The molecule has 130 valence electrons. The summed E-state index contributed by atoms with van der Waals surface area (Å²) in [7, 11) is -2.05. The Balaban J connectivity index is 1.66. The van der Waals surface area contributed by atoms with Crippen molar-refractivity contribution in [1.82, 2.24) is 9.97 Å². The van der Waals surface area contributed by atoms with Gasteiger partial charge in [-0.15, -0.1) is 11.3 Å². The van der Waals surface area contributed by atoms with Gasteiger partial charge < -0.3 is 10.1 Å². The van der Waals surface area contributed by atoms with Gasteiger partial charge in [-0.25, -0.2) is 18.4 Å². The van der Waals surface area contributed by atoms with Gasteiger partial charge in [-0.3, -0.25) is 4.79 Å². The number of fused-ring (bicyclic) bond motifs is 1. The number of aromatic nitrogens is 2. The lowest BCUT2D eigenvalue weighted by atomic mass is 10.3. The molecule has 0 bridgehead atoms. The van der Waals surface area contributed by atoms with Crippen LogP contribution in [0.3, 0.4) is 0 Å². The fourth-order valence-corrected chi connectivity index (χ4v) is 4.19. The van der Waals surface area contributed by atoms with E-state index >= 15 is 0 Å². The van der Waals surface area contributed by atoms with Crippen LogP contribution in [0.4, 0.5) is 5.82 Å². The predicted molar refractivity (Wildman–Crippen MR) is 95.7 cm³/mol. The molecule has 0 spiro atoms. The maximum absolute atomic E-state index is 12.3. The van der Waals surface area contributed by atoms with Crippen molar-refractivity contribution in [2.24, 2.45) is 0 Å². The lowest BCUT2D eigenvalue weighted by Gasteiger charge is -2.07. The van der Waals surface area contributed by atoms with E-state index in [2.05, 4.69) is 15.3 Å². The molecular weight excluding hydrogens is 362 g/mol. The first-order valence-electron chi connectivity index (χ1n) is 7.34. The second-order valence-electron chi connectivity index (χ2n) is 5.15. The first kappa shape index (κ1) is 17.3. The molecule has 3 aromatic rings. The van der Waals surface area contributed by atoms with Crippen LogP contribution < -0.4 is 10.1 Å². The summed E-state index contributed by atoms with van der Waals surface area (Å²) in [5.74, 6) is 0.254. The van der Waals surface area contributed by atoms with E-state index in [1.165, 1.54) is 36.9 Å². The number of hydrogen-bond donors (Lipinski definition) is 1. The number of anilines is 1. The molecule has 0 atom stereocenters. The van der Waals surface area contributed by atoms with E-state index in [1.54, 1.807) is 12.1 Å². The third kappa shape index (κ3) is 3.94. The molecule has 0 saturated heterocycles. The van der Waals surface area contributed by atoms with Crippen molar-refractivity contribution in [1.29, 1.82) is 0 Å². The number of hydrogen-bond acceptors (Lipinski definition) is 7. The van der Waals surface area contributed by atoms with Gasteiger partial charge in [0.25, 0.3) is 0 Å². The largest absolute Gasteiger partial charge is 0.497 e. The normalized spacial score (nSPS) is 11.4. The summed E-state index contributed by atoms with van der Waals surface area (Å²) in [6, 6.07) is 7.88. The Morgan fingerprint density at radius 3 is 2.68 bits per heavy atom. The standard InChI is InChI=1S/C16H15N3O4S2/c1-23-11-2-4-12(5-3-11)25(21,22)9-7-14(20)19-15-13-6-8-24-16(13)18-10-17-15/h2-6,8,10H,7,9H2,1H3,(H,17,18,19,20). The van der Waals surface area contributed by atoms with Gasteiger partial charge in [0.1, 0.15) is 22.7 Å². The van der Waals surface area contributed by atoms with E-state index in [-0.39, 0.29) is 17.1 Å². The Morgan fingerprint density at radius 1 is 1.20 bits per heavy atom. The zero-order valence-corrected chi connectivity index (χ0v) is 14.9. The second kappa shape index (κ2) is 7.16. The summed E-state index contributed by atoms with van der Waals surface area (Å²) in [5.41, 5.74) is 0. The second-order valence-corrected chi connectivity index (χ2v) is 8.16. The predicted octanol–water partition coefficient (Wildman–Crippen LogP) is 2.50. The zero-order valence-electron chi connectivity index (χ0n) is 13.3. The van der Waals surface area contributed by atoms with Crippen LogP contribution in [0.2, 0.25) is 0 Å². The highest BCUT2D eigenvalue weighted by molar-refractivity contribution is 7.91. The Kier molecular flexibility index (Phi) is 4.95. The first-order chi connectivity index (χ1) is 12.0.